The van der Waals surface area contributed by atoms with Gasteiger partial charge in [-0.05, 0) is 38.5 Å². The number of esters is 1. The van der Waals surface area contributed by atoms with Crippen molar-refractivity contribution in [1.29, 1.82) is 0 Å². The summed E-state index contributed by atoms with van der Waals surface area (Å²) in [5.74, 6) is -0.257. The van der Waals surface area contributed by atoms with Crippen molar-refractivity contribution in [2.75, 3.05) is 20.3 Å². The van der Waals surface area contributed by atoms with Crippen LogP contribution in [0.2, 0.25) is 0 Å². The molecule has 0 aliphatic carbocycles. The van der Waals surface area contributed by atoms with E-state index in [0.29, 0.717) is 13.2 Å². The first-order valence-corrected chi connectivity index (χ1v) is 13.4. The van der Waals surface area contributed by atoms with Crippen molar-refractivity contribution in [3.05, 3.63) is 0 Å². The van der Waals surface area contributed by atoms with E-state index in [1.165, 1.54) is 7.11 Å². The first kappa shape index (κ1) is 25.4. The first-order chi connectivity index (χ1) is 15.2. The van der Waals surface area contributed by atoms with E-state index in [2.05, 4.69) is 36.4 Å². The minimum atomic E-state index is -0.265. The average Bonchev–Trinajstić information content (AvgIpc) is 3.31. The standard InChI is InChI=1S/C23H36ClIO7/c1-23(2,25)12-13(24)5-4-9-28-20-19-15(7-6-14(30-19)11-17(26)27-3)31-21-18-16(8-10-29-18)32-22(20)21/h13-16,18-22H,4-12H2,1-3H3/t13-,14?,15+,16-,18+,19+,20+,21+,22?/m1/s1. The van der Waals surface area contributed by atoms with E-state index >= 15 is 0 Å². The summed E-state index contributed by atoms with van der Waals surface area (Å²) in [6.07, 6.45) is 4.35. The number of methoxy groups -OCH3 is 1. The average molecular weight is 587 g/mol. The first-order valence-electron chi connectivity index (χ1n) is 11.8. The van der Waals surface area contributed by atoms with E-state index in [1.807, 2.05) is 0 Å². The summed E-state index contributed by atoms with van der Waals surface area (Å²) in [5.41, 5.74) is 0. The van der Waals surface area contributed by atoms with Crippen LogP contribution in [0.15, 0.2) is 0 Å². The Morgan fingerprint density at radius 2 is 1.84 bits per heavy atom. The summed E-state index contributed by atoms with van der Waals surface area (Å²) < 4.78 is 36.5. The number of hydrogen-bond acceptors (Lipinski definition) is 7. The number of fused-ring (bicyclic) bond motifs is 4. The lowest BCUT2D eigenvalue weighted by molar-refractivity contribution is -0.272. The molecule has 4 aliphatic heterocycles. The van der Waals surface area contributed by atoms with Crippen molar-refractivity contribution >= 4 is 40.2 Å². The van der Waals surface area contributed by atoms with Gasteiger partial charge in [0, 0.05) is 22.0 Å². The Labute approximate surface area is 209 Å². The predicted octanol–water partition coefficient (Wildman–Crippen LogP) is 3.80. The number of rotatable bonds is 9. The van der Waals surface area contributed by atoms with Gasteiger partial charge >= 0.3 is 5.97 Å². The molecule has 7 nitrogen and oxygen atoms in total. The fourth-order valence-corrected chi connectivity index (χ4v) is 6.74. The Morgan fingerprint density at radius 3 is 2.59 bits per heavy atom. The van der Waals surface area contributed by atoms with E-state index in [9.17, 15) is 4.79 Å². The Kier molecular flexibility index (Phi) is 8.66. The lowest BCUT2D eigenvalue weighted by Gasteiger charge is -2.48. The minimum Gasteiger partial charge on any atom is -0.469 e. The smallest absolute Gasteiger partial charge is 0.308 e. The highest BCUT2D eigenvalue weighted by Crippen LogP contribution is 2.43. The molecule has 9 heteroatoms. The summed E-state index contributed by atoms with van der Waals surface area (Å²) in [5, 5.41) is 0.131. The second kappa shape index (κ2) is 10.9. The van der Waals surface area contributed by atoms with E-state index in [4.69, 9.17) is 40.0 Å². The molecule has 0 aromatic carbocycles. The van der Waals surface area contributed by atoms with E-state index < -0.39 is 0 Å². The second-order valence-electron chi connectivity index (χ2n) is 9.98. The number of carbonyl (C=O) groups is 1. The van der Waals surface area contributed by atoms with Crippen molar-refractivity contribution in [2.24, 2.45) is 0 Å². The highest BCUT2D eigenvalue weighted by molar-refractivity contribution is 14.1. The molecule has 4 heterocycles. The van der Waals surface area contributed by atoms with Gasteiger partial charge < -0.3 is 28.4 Å². The molecule has 32 heavy (non-hydrogen) atoms. The van der Waals surface area contributed by atoms with E-state index in [0.717, 1.165) is 38.5 Å². The van der Waals surface area contributed by atoms with Crippen molar-refractivity contribution in [3.8, 4) is 0 Å². The monoisotopic (exact) mass is 586 g/mol. The zero-order valence-corrected chi connectivity index (χ0v) is 22.1. The van der Waals surface area contributed by atoms with Crippen LogP contribution in [0.1, 0.15) is 58.8 Å². The zero-order valence-electron chi connectivity index (χ0n) is 19.2. The molecule has 9 atom stereocenters. The van der Waals surface area contributed by atoms with Gasteiger partial charge in [0.1, 0.15) is 30.5 Å². The molecule has 4 fully saturated rings. The molecule has 0 aromatic rings. The normalized spacial score (nSPS) is 39.8. The minimum absolute atomic E-state index is 0.0297. The van der Waals surface area contributed by atoms with Crippen molar-refractivity contribution in [3.63, 3.8) is 0 Å². The molecule has 0 N–H and O–H groups in total. The number of carbonyl (C=O) groups excluding carboxylic acids is 1. The van der Waals surface area contributed by atoms with Crippen LogP contribution in [0, 0.1) is 0 Å². The number of hydrogen-bond donors (Lipinski definition) is 0. The van der Waals surface area contributed by atoms with Gasteiger partial charge in [0.15, 0.2) is 0 Å². The molecular formula is C23H36ClIO7. The van der Waals surface area contributed by atoms with E-state index in [1.54, 1.807) is 0 Å². The maximum atomic E-state index is 11.8. The lowest BCUT2D eigenvalue weighted by atomic mass is 9.88. The van der Waals surface area contributed by atoms with Crippen molar-refractivity contribution in [1.82, 2.24) is 0 Å². The summed E-state index contributed by atoms with van der Waals surface area (Å²) in [6, 6.07) is 0. The number of halogens is 2. The van der Waals surface area contributed by atoms with Crippen LogP contribution >= 0.6 is 34.2 Å². The van der Waals surface area contributed by atoms with Gasteiger partial charge in [0.2, 0.25) is 0 Å². The van der Waals surface area contributed by atoms with Gasteiger partial charge in [-0.3, -0.25) is 4.79 Å². The molecule has 0 radical (unpaired) electrons. The summed E-state index contributed by atoms with van der Waals surface area (Å²) in [6.45, 7) is 5.70. The largest absolute Gasteiger partial charge is 0.469 e. The molecule has 0 amide bonds. The SMILES string of the molecule is COC(=O)CC1CC[C@@H]2O[C@@H]3C(O[C@@H]4CCO[C@H]34)[C@@H](OCCC[C@@H](Cl)CC(C)(C)I)[C@H]2O1. The van der Waals surface area contributed by atoms with Crippen molar-refractivity contribution in [2.45, 2.75) is 116 Å². The lowest BCUT2D eigenvalue weighted by Crippen LogP contribution is -2.62. The van der Waals surface area contributed by atoms with Crippen LogP contribution < -0.4 is 0 Å². The zero-order chi connectivity index (χ0) is 22.9. The Hall–Kier alpha value is 0.290. The topological polar surface area (TPSA) is 72.5 Å². The van der Waals surface area contributed by atoms with Gasteiger partial charge in [-0.2, -0.15) is 0 Å². The molecule has 4 saturated heterocycles. The van der Waals surface area contributed by atoms with Gasteiger partial charge in [-0.1, -0.05) is 36.4 Å². The number of alkyl halides is 2. The maximum absolute atomic E-state index is 11.8. The van der Waals surface area contributed by atoms with Crippen LogP contribution in [0.5, 0.6) is 0 Å². The molecule has 0 bridgehead atoms. The maximum Gasteiger partial charge on any atom is 0.308 e. The third-order valence-electron chi connectivity index (χ3n) is 6.83. The molecule has 2 unspecified atom stereocenters. The van der Waals surface area contributed by atoms with Crippen LogP contribution in [0.4, 0.5) is 0 Å². The van der Waals surface area contributed by atoms with Gasteiger partial charge in [0.25, 0.3) is 0 Å². The van der Waals surface area contributed by atoms with Gasteiger partial charge in [-0.25, -0.2) is 0 Å². The molecule has 4 rings (SSSR count). The fourth-order valence-electron chi connectivity index (χ4n) is 5.41. The Bertz CT molecular complexity index is 644. The van der Waals surface area contributed by atoms with Crippen LogP contribution in [-0.4, -0.2) is 83.9 Å². The second-order valence-corrected chi connectivity index (χ2v) is 13.5. The molecule has 0 saturated carbocycles. The molecule has 4 aliphatic rings. The summed E-state index contributed by atoms with van der Waals surface area (Å²) in [4.78, 5) is 11.8. The molecular weight excluding hydrogens is 551 g/mol. The Balaban J connectivity index is 1.38. The molecule has 0 spiro atoms. The van der Waals surface area contributed by atoms with E-state index in [-0.39, 0.29) is 70.0 Å². The highest BCUT2D eigenvalue weighted by atomic mass is 127. The van der Waals surface area contributed by atoms with Gasteiger partial charge in [-0.15, -0.1) is 11.6 Å². The van der Waals surface area contributed by atoms with Crippen LogP contribution in [0.3, 0.4) is 0 Å². The number of ether oxygens (including phenoxy) is 6. The van der Waals surface area contributed by atoms with Crippen LogP contribution in [0.25, 0.3) is 0 Å². The Morgan fingerprint density at radius 1 is 1.09 bits per heavy atom. The molecule has 184 valence electrons. The highest BCUT2D eigenvalue weighted by Gasteiger charge is 2.59. The fraction of sp³-hybridized carbons (Fsp3) is 0.957. The predicted molar refractivity (Wildman–Crippen MR) is 128 cm³/mol. The molecule has 0 aromatic heterocycles. The van der Waals surface area contributed by atoms with Crippen molar-refractivity contribution < 1.29 is 33.2 Å². The van der Waals surface area contributed by atoms with Gasteiger partial charge in [0.05, 0.1) is 31.8 Å². The summed E-state index contributed by atoms with van der Waals surface area (Å²) >= 11 is 8.99. The third-order valence-corrected chi connectivity index (χ3v) is 7.64. The third kappa shape index (κ3) is 6.10. The quantitative estimate of drug-likeness (QED) is 0.176. The summed E-state index contributed by atoms with van der Waals surface area (Å²) in [7, 11) is 1.41. The van der Waals surface area contributed by atoms with Crippen LogP contribution in [-0.2, 0) is 33.2 Å².